The molecule has 3 rings (SSSR count). The summed E-state index contributed by atoms with van der Waals surface area (Å²) in [5.41, 5.74) is 1.03. The van der Waals surface area contributed by atoms with Crippen molar-refractivity contribution in [3.8, 4) is 0 Å². The first-order valence-electron chi connectivity index (χ1n) is 6.39. The van der Waals surface area contributed by atoms with Gasteiger partial charge in [0.15, 0.2) is 0 Å². The predicted octanol–water partition coefficient (Wildman–Crippen LogP) is 4.07. The molecule has 2 aromatic carbocycles. The minimum Gasteiger partial charge on any atom is -0.304 e. The quantitative estimate of drug-likeness (QED) is 0.727. The second kappa shape index (κ2) is 4.91. The van der Waals surface area contributed by atoms with Crippen LogP contribution in [0.5, 0.6) is 0 Å². The molecule has 0 bridgehead atoms. The van der Waals surface area contributed by atoms with Crippen molar-refractivity contribution in [3.63, 3.8) is 0 Å². The first kappa shape index (κ1) is 14.2. The molecule has 1 amide bonds. The second-order valence-corrected chi connectivity index (χ2v) is 5.29. The third-order valence-corrected chi connectivity index (χ3v) is 4.10. The van der Waals surface area contributed by atoms with Gasteiger partial charge in [-0.15, -0.1) is 11.6 Å². The van der Waals surface area contributed by atoms with Crippen LogP contribution in [0.15, 0.2) is 36.4 Å². The monoisotopic (exact) mass is 313 g/mol. The zero-order valence-electron chi connectivity index (χ0n) is 10.8. The molecule has 1 atom stereocenters. The van der Waals surface area contributed by atoms with Gasteiger partial charge in [-0.3, -0.25) is 4.79 Å². The molecule has 6 heteroatoms. The van der Waals surface area contributed by atoms with Gasteiger partial charge in [0.25, 0.3) is 0 Å². The molecule has 110 valence electrons. The lowest BCUT2D eigenvalue weighted by Crippen LogP contribution is -2.40. The first-order chi connectivity index (χ1) is 9.93. The Labute approximate surface area is 124 Å². The van der Waals surface area contributed by atoms with Gasteiger partial charge in [0.05, 0.1) is 0 Å². The number of anilines is 1. The summed E-state index contributed by atoms with van der Waals surface area (Å²) in [6, 6.07) is 10.7. The van der Waals surface area contributed by atoms with Gasteiger partial charge >= 0.3 is 12.1 Å². The third kappa shape index (κ3) is 2.25. The average Bonchev–Trinajstić information content (AvgIpc) is 2.84. The van der Waals surface area contributed by atoms with Gasteiger partial charge in [-0.25, -0.2) is 0 Å². The molecular weight excluding hydrogens is 303 g/mol. The number of alkyl halides is 4. The Morgan fingerprint density at radius 1 is 1.24 bits per heavy atom. The van der Waals surface area contributed by atoms with Gasteiger partial charge in [-0.05, 0) is 22.4 Å². The molecular formula is C15H11ClF3NO. The molecule has 0 spiro atoms. The van der Waals surface area contributed by atoms with Crippen molar-refractivity contribution in [1.82, 2.24) is 0 Å². The average molecular weight is 314 g/mol. The summed E-state index contributed by atoms with van der Waals surface area (Å²) in [6.07, 6.45) is -4.88. The van der Waals surface area contributed by atoms with Crippen LogP contribution in [-0.4, -0.2) is 24.5 Å². The number of hydrogen-bond donors (Lipinski definition) is 0. The molecule has 1 heterocycles. The van der Waals surface area contributed by atoms with E-state index in [2.05, 4.69) is 0 Å². The van der Waals surface area contributed by atoms with Crippen LogP contribution in [0.4, 0.5) is 18.9 Å². The van der Waals surface area contributed by atoms with Crippen LogP contribution in [0.3, 0.4) is 0 Å². The van der Waals surface area contributed by atoms with E-state index in [1.165, 1.54) is 0 Å². The molecule has 0 unspecified atom stereocenters. The highest BCUT2D eigenvalue weighted by Crippen LogP contribution is 2.43. The smallest absolute Gasteiger partial charge is 0.304 e. The number of carbonyl (C=O) groups is 1. The Morgan fingerprint density at radius 3 is 2.62 bits per heavy atom. The van der Waals surface area contributed by atoms with Crippen LogP contribution >= 0.6 is 11.6 Å². The lowest BCUT2D eigenvalue weighted by molar-refractivity contribution is -0.170. The fourth-order valence-corrected chi connectivity index (χ4v) is 3.08. The van der Waals surface area contributed by atoms with Crippen molar-refractivity contribution in [3.05, 3.63) is 42.0 Å². The number of carbonyl (C=O) groups excluding carboxylic acids is 1. The van der Waals surface area contributed by atoms with Gasteiger partial charge < -0.3 is 4.90 Å². The number of hydrogen-bond acceptors (Lipinski definition) is 1. The summed E-state index contributed by atoms with van der Waals surface area (Å²) in [5, 5.41) is 1.77. The molecule has 0 aliphatic carbocycles. The van der Waals surface area contributed by atoms with E-state index in [-0.39, 0.29) is 18.3 Å². The normalized spacial score (nSPS) is 18.1. The molecule has 0 N–H and O–H groups in total. The highest BCUT2D eigenvalue weighted by molar-refractivity contribution is 6.19. The maximum atomic E-state index is 12.7. The number of nitrogens with zero attached hydrogens (tertiary/aromatic N) is 1. The molecule has 0 fully saturated rings. The largest absolute Gasteiger partial charge is 0.471 e. The molecule has 0 aromatic heterocycles. The number of amides is 1. The van der Waals surface area contributed by atoms with E-state index in [1.807, 2.05) is 24.3 Å². The van der Waals surface area contributed by atoms with Gasteiger partial charge in [-0.2, -0.15) is 13.2 Å². The minimum atomic E-state index is -4.88. The summed E-state index contributed by atoms with van der Waals surface area (Å²) in [6.45, 7) is -0.0365. The van der Waals surface area contributed by atoms with Crippen LogP contribution in [0, 0.1) is 0 Å². The molecule has 1 aliphatic heterocycles. The van der Waals surface area contributed by atoms with E-state index in [9.17, 15) is 18.0 Å². The number of fused-ring (bicyclic) bond motifs is 3. The molecule has 2 aromatic rings. The second-order valence-electron chi connectivity index (χ2n) is 4.98. The summed E-state index contributed by atoms with van der Waals surface area (Å²) >= 11 is 5.90. The van der Waals surface area contributed by atoms with Gasteiger partial charge in [0, 0.05) is 24.0 Å². The lowest BCUT2D eigenvalue weighted by atomic mass is 9.96. The standard InChI is InChI=1S/C15H11ClF3NO/c16-7-10-8-20(14(21)15(17,18)19)12-6-5-9-3-1-2-4-11(9)13(10)12/h1-6,10H,7-8H2/t10-/m1/s1. The van der Waals surface area contributed by atoms with E-state index in [4.69, 9.17) is 11.6 Å². The fourth-order valence-electron chi connectivity index (χ4n) is 2.83. The highest BCUT2D eigenvalue weighted by Gasteiger charge is 2.46. The zero-order valence-corrected chi connectivity index (χ0v) is 11.6. The minimum absolute atomic E-state index is 0.0365. The predicted molar refractivity (Wildman–Crippen MR) is 75.8 cm³/mol. The van der Waals surface area contributed by atoms with Gasteiger partial charge in [0.1, 0.15) is 0 Å². The van der Waals surface area contributed by atoms with Crippen molar-refractivity contribution in [2.45, 2.75) is 12.1 Å². The molecule has 0 saturated heterocycles. The number of benzene rings is 2. The van der Waals surface area contributed by atoms with Crippen LogP contribution < -0.4 is 4.90 Å². The van der Waals surface area contributed by atoms with Crippen LogP contribution in [0.1, 0.15) is 11.5 Å². The van der Waals surface area contributed by atoms with Crippen molar-refractivity contribution in [2.75, 3.05) is 17.3 Å². The van der Waals surface area contributed by atoms with Crippen molar-refractivity contribution in [2.24, 2.45) is 0 Å². The molecule has 2 nitrogen and oxygen atoms in total. The SMILES string of the molecule is O=C(N1C[C@@H](CCl)c2c1ccc1ccccc21)C(F)(F)F. The van der Waals surface area contributed by atoms with Crippen LogP contribution in [-0.2, 0) is 4.79 Å². The molecule has 1 aliphatic rings. The summed E-state index contributed by atoms with van der Waals surface area (Å²) in [7, 11) is 0. The number of halogens is 4. The third-order valence-electron chi connectivity index (χ3n) is 3.72. The number of rotatable bonds is 1. The zero-order chi connectivity index (χ0) is 15.2. The van der Waals surface area contributed by atoms with Crippen LogP contribution in [0.25, 0.3) is 10.8 Å². The van der Waals surface area contributed by atoms with Crippen LogP contribution in [0.2, 0.25) is 0 Å². The summed E-state index contributed by atoms with van der Waals surface area (Å²) < 4.78 is 38.1. The summed E-state index contributed by atoms with van der Waals surface area (Å²) in [5.74, 6) is -1.96. The lowest BCUT2D eigenvalue weighted by Gasteiger charge is -2.19. The maximum absolute atomic E-state index is 12.7. The van der Waals surface area contributed by atoms with Gasteiger partial charge in [-0.1, -0.05) is 30.3 Å². The topological polar surface area (TPSA) is 20.3 Å². The van der Waals surface area contributed by atoms with E-state index in [0.717, 1.165) is 21.2 Å². The summed E-state index contributed by atoms with van der Waals surface area (Å²) in [4.78, 5) is 12.4. The first-order valence-corrected chi connectivity index (χ1v) is 6.93. The van der Waals surface area contributed by atoms with Gasteiger partial charge in [0.2, 0.25) is 0 Å². The molecule has 0 saturated carbocycles. The molecule has 0 radical (unpaired) electrons. The Bertz CT molecular complexity index is 714. The highest BCUT2D eigenvalue weighted by atomic mass is 35.5. The van der Waals surface area contributed by atoms with E-state index < -0.39 is 12.1 Å². The maximum Gasteiger partial charge on any atom is 0.471 e. The van der Waals surface area contributed by atoms with Crippen molar-refractivity contribution in [1.29, 1.82) is 0 Å². The Kier molecular flexibility index (Phi) is 3.32. The molecule has 21 heavy (non-hydrogen) atoms. The Hall–Kier alpha value is -1.75. The van der Waals surface area contributed by atoms with E-state index in [0.29, 0.717) is 5.69 Å². The van der Waals surface area contributed by atoms with Crippen molar-refractivity contribution >= 4 is 34.0 Å². The Morgan fingerprint density at radius 2 is 1.95 bits per heavy atom. The van der Waals surface area contributed by atoms with E-state index in [1.54, 1.807) is 12.1 Å². The van der Waals surface area contributed by atoms with E-state index >= 15 is 0 Å². The van der Waals surface area contributed by atoms with Crippen molar-refractivity contribution < 1.29 is 18.0 Å². The Balaban J connectivity index is 2.18. The fraction of sp³-hybridized carbons (Fsp3) is 0.267.